The molecule has 9 heavy (non-hydrogen) atoms. The molecule has 1 aliphatic rings. The average Bonchev–Trinajstić information content (AvgIpc) is 2.46. The summed E-state index contributed by atoms with van der Waals surface area (Å²) < 4.78 is 4.91. The van der Waals surface area contributed by atoms with Gasteiger partial charge in [-0.3, -0.25) is 0 Å². The number of nitrogens with zero attached hydrogens (tertiary/aromatic N) is 2. The highest BCUT2D eigenvalue weighted by molar-refractivity contribution is 5.09. The Morgan fingerprint density at radius 1 is 1.67 bits per heavy atom. The van der Waals surface area contributed by atoms with Crippen molar-refractivity contribution < 1.29 is 4.42 Å². The van der Waals surface area contributed by atoms with Gasteiger partial charge in [-0.15, -0.1) is 10.2 Å². The van der Waals surface area contributed by atoms with Crippen molar-refractivity contribution in [1.82, 2.24) is 10.2 Å². The Bertz CT molecular complexity index is 202. The first-order valence-corrected chi connectivity index (χ1v) is 2.87. The molecule has 1 aromatic rings. The first kappa shape index (κ1) is 4.93. The van der Waals surface area contributed by atoms with Crippen molar-refractivity contribution in [3.8, 4) is 0 Å². The molecule has 0 aliphatic heterocycles. The van der Waals surface area contributed by atoms with Crippen molar-refractivity contribution in [2.45, 2.75) is 18.4 Å². The predicted molar refractivity (Wildman–Crippen MR) is 29.4 cm³/mol. The Hall–Kier alpha value is -0.900. The van der Waals surface area contributed by atoms with Gasteiger partial charge in [-0.25, -0.2) is 0 Å². The maximum atomic E-state index is 5.72. The summed E-state index contributed by atoms with van der Waals surface area (Å²) in [6.45, 7) is 0. The Balaban J connectivity index is 2.34. The van der Waals surface area contributed by atoms with Crippen LogP contribution in [0.15, 0.2) is 10.8 Å². The third-order valence-electron chi connectivity index (χ3n) is 1.57. The van der Waals surface area contributed by atoms with Gasteiger partial charge in [0.25, 0.3) is 0 Å². The lowest BCUT2D eigenvalue weighted by molar-refractivity contribution is 0.440. The number of aromatic nitrogens is 2. The van der Waals surface area contributed by atoms with Gasteiger partial charge in [0, 0.05) is 0 Å². The van der Waals surface area contributed by atoms with E-state index in [4.69, 9.17) is 10.2 Å². The van der Waals surface area contributed by atoms with Gasteiger partial charge in [-0.2, -0.15) is 0 Å². The van der Waals surface area contributed by atoms with Gasteiger partial charge in [0.05, 0.1) is 5.54 Å². The van der Waals surface area contributed by atoms with Gasteiger partial charge in [-0.05, 0) is 12.8 Å². The predicted octanol–water partition coefficient (Wildman–Crippen LogP) is 0.0174. The molecule has 1 aliphatic carbocycles. The molecule has 1 fully saturated rings. The average molecular weight is 125 g/mol. The van der Waals surface area contributed by atoms with Crippen LogP contribution in [-0.4, -0.2) is 10.2 Å². The van der Waals surface area contributed by atoms with Gasteiger partial charge in [0.2, 0.25) is 12.3 Å². The highest BCUT2D eigenvalue weighted by Gasteiger charge is 2.44. The third-order valence-corrected chi connectivity index (χ3v) is 1.57. The van der Waals surface area contributed by atoms with Crippen molar-refractivity contribution in [2.75, 3.05) is 0 Å². The lowest BCUT2D eigenvalue weighted by Crippen LogP contribution is -2.18. The van der Waals surface area contributed by atoms with Crippen LogP contribution in [0.25, 0.3) is 0 Å². The highest BCUT2D eigenvalue weighted by atomic mass is 16.4. The second kappa shape index (κ2) is 1.33. The maximum Gasteiger partial charge on any atom is 0.235 e. The van der Waals surface area contributed by atoms with Crippen molar-refractivity contribution in [3.63, 3.8) is 0 Å². The van der Waals surface area contributed by atoms with Crippen LogP contribution in [-0.2, 0) is 5.54 Å². The van der Waals surface area contributed by atoms with Crippen LogP contribution in [0.1, 0.15) is 18.7 Å². The minimum absolute atomic E-state index is 0.267. The highest BCUT2D eigenvalue weighted by Crippen LogP contribution is 2.41. The van der Waals surface area contributed by atoms with E-state index in [2.05, 4.69) is 10.2 Å². The van der Waals surface area contributed by atoms with E-state index in [0.717, 1.165) is 12.8 Å². The fraction of sp³-hybridized carbons (Fsp3) is 0.600. The monoisotopic (exact) mass is 125 g/mol. The molecule has 0 saturated heterocycles. The number of hydrogen-bond acceptors (Lipinski definition) is 4. The van der Waals surface area contributed by atoms with Crippen LogP contribution in [0.5, 0.6) is 0 Å². The zero-order valence-electron chi connectivity index (χ0n) is 4.87. The molecule has 0 radical (unpaired) electrons. The minimum Gasteiger partial charge on any atom is -0.426 e. The molecular formula is C5H7N3O. The topological polar surface area (TPSA) is 64.9 Å². The fourth-order valence-corrected chi connectivity index (χ4v) is 0.739. The molecule has 0 spiro atoms. The zero-order chi connectivity index (χ0) is 6.32. The van der Waals surface area contributed by atoms with E-state index in [9.17, 15) is 0 Å². The summed E-state index contributed by atoms with van der Waals surface area (Å²) in [4.78, 5) is 0. The quantitative estimate of drug-likeness (QED) is 0.574. The molecule has 4 heteroatoms. The van der Waals surface area contributed by atoms with Crippen LogP contribution < -0.4 is 5.73 Å². The van der Waals surface area contributed by atoms with Crippen LogP contribution >= 0.6 is 0 Å². The molecule has 4 nitrogen and oxygen atoms in total. The smallest absolute Gasteiger partial charge is 0.235 e. The van der Waals surface area contributed by atoms with Crippen LogP contribution in [0.4, 0.5) is 0 Å². The van der Waals surface area contributed by atoms with Crippen molar-refractivity contribution in [1.29, 1.82) is 0 Å². The standard InChI is InChI=1S/C5H7N3O/c6-5(1-2-5)4-8-7-3-9-4/h3H,1-2,6H2. The SMILES string of the molecule is NC1(c2nnco2)CC1. The van der Waals surface area contributed by atoms with Crippen molar-refractivity contribution in [2.24, 2.45) is 5.73 Å². The molecular weight excluding hydrogens is 118 g/mol. The summed E-state index contributed by atoms with van der Waals surface area (Å²) in [6, 6.07) is 0. The van der Waals surface area contributed by atoms with E-state index >= 15 is 0 Å². The third kappa shape index (κ3) is 0.632. The molecule has 0 bridgehead atoms. The van der Waals surface area contributed by atoms with Crippen LogP contribution in [0.3, 0.4) is 0 Å². The van der Waals surface area contributed by atoms with Gasteiger partial charge in [0.15, 0.2) is 0 Å². The lowest BCUT2D eigenvalue weighted by atomic mass is 10.3. The molecule has 1 aromatic heterocycles. The molecule has 48 valence electrons. The Labute approximate surface area is 52.1 Å². The summed E-state index contributed by atoms with van der Waals surface area (Å²) in [5, 5.41) is 7.24. The van der Waals surface area contributed by atoms with E-state index in [1.54, 1.807) is 0 Å². The maximum absolute atomic E-state index is 5.72. The van der Waals surface area contributed by atoms with Crippen molar-refractivity contribution >= 4 is 0 Å². The normalized spacial score (nSPS) is 21.9. The first-order chi connectivity index (χ1) is 4.31. The largest absolute Gasteiger partial charge is 0.426 e. The molecule has 0 aromatic carbocycles. The molecule has 2 N–H and O–H groups in total. The lowest BCUT2D eigenvalue weighted by Gasteiger charge is -1.97. The van der Waals surface area contributed by atoms with E-state index in [-0.39, 0.29) is 5.54 Å². The van der Waals surface area contributed by atoms with Gasteiger partial charge >= 0.3 is 0 Å². The number of nitrogens with two attached hydrogens (primary N) is 1. The zero-order valence-corrected chi connectivity index (χ0v) is 4.87. The Morgan fingerprint density at radius 3 is 2.89 bits per heavy atom. The van der Waals surface area contributed by atoms with Crippen molar-refractivity contribution in [3.05, 3.63) is 12.3 Å². The summed E-state index contributed by atoms with van der Waals surface area (Å²) in [5.41, 5.74) is 5.45. The Morgan fingerprint density at radius 2 is 2.44 bits per heavy atom. The molecule has 1 saturated carbocycles. The summed E-state index contributed by atoms with van der Waals surface area (Å²) in [5.74, 6) is 0.572. The van der Waals surface area contributed by atoms with Gasteiger partial charge < -0.3 is 10.2 Å². The number of hydrogen-bond donors (Lipinski definition) is 1. The summed E-state index contributed by atoms with van der Waals surface area (Å²) in [7, 11) is 0. The molecule has 0 amide bonds. The van der Waals surface area contributed by atoms with E-state index in [1.165, 1.54) is 6.39 Å². The second-order valence-corrected chi connectivity index (χ2v) is 2.40. The first-order valence-electron chi connectivity index (χ1n) is 2.87. The van der Waals surface area contributed by atoms with E-state index < -0.39 is 0 Å². The van der Waals surface area contributed by atoms with E-state index in [1.807, 2.05) is 0 Å². The second-order valence-electron chi connectivity index (χ2n) is 2.40. The van der Waals surface area contributed by atoms with Gasteiger partial charge in [0.1, 0.15) is 0 Å². The molecule has 1 heterocycles. The van der Waals surface area contributed by atoms with Gasteiger partial charge in [-0.1, -0.05) is 0 Å². The minimum atomic E-state index is -0.267. The summed E-state index contributed by atoms with van der Waals surface area (Å²) >= 11 is 0. The molecule has 0 unspecified atom stereocenters. The van der Waals surface area contributed by atoms with Crippen LogP contribution in [0.2, 0.25) is 0 Å². The Kier molecular flexibility index (Phi) is 0.728. The summed E-state index contributed by atoms with van der Waals surface area (Å²) in [6.07, 6.45) is 3.24. The fourth-order valence-electron chi connectivity index (χ4n) is 0.739. The number of rotatable bonds is 1. The molecule has 2 rings (SSSR count). The molecule has 0 atom stereocenters. The van der Waals surface area contributed by atoms with E-state index in [0.29, 0.717) is 5.89 Å². The van der Waals surface area contributed by atoms with Crippen LogP contribution in [0, 0.1) is 0 Å².